The van der Waals surface area contributed by atoms with Crippen LogP contribution in [-0.2, 0) is 14.3 Å². The highest BCUT2D eigenvalue weighted by molar-refractivity contribution is 6.13. The third-order valence-corrected chi connectivity index (χ3v) is 5.42. The van der Waals surface area contributed by atoms with Crippen LogP contribution in [0.1, 0.15) is 67.7 Å². The second-order valence-corrected chi connectivity index (χ2v) is 9.18. The van der Waals surface area contributed by atoms with Gasteiger partial charge in [-0.2, -0.15) is 0 Å². The maximum atomic E-state index is 15.2. The Morgan fingerprint density at radius 2 is 1.71 bits per heavy atom. The molecule has 0 amide bonds. The molecule has 0 aliphatic heterocycles. The smallest absolute Gasteiger partial charge is 0.339 e. The number of esters is 2. The second-order valence-electron chi connectivity index (χ2n) is 9.18. The summed E-state index contributed by atoms with van der Waals surface area (Å²) in [5.74, 6) is -2.19. The van der Waals surface area contributed by atoms with E-state index in [4.69, 9.17) is 9.47 Å². The summed E-state index contributed by atoms with van der Waals surface area (Å²) in [7, 11) is 1.29. The van der Waals surface area contributed by atoms with Gasteiger partial charge in [0.15, 0.2) is 5.78 Å². The molecule has 1 aliphatic carbocycles. The topological polar surface area (TPSA) is 69.7 Å². The van der Waals surface area contributed by atoms with Crippen molar-refractivity contribution in [2.75, 3.05) is 7.11 Å². The molecule has 34 heavy (non-hydrogen) atoms. The third kappa shape index (κ3) is 5.50. The van der Waals surface area contributed by atoms with Crippen molar-refractivity contribution < 1.29 is 28.2 Å². The Morgan fingerprint density at radius 1 is 1.00 bits per heavy atom. The Kier molecular flexibility index (Phi) is 7.50. The van der Waals surface area contributed by atoms with Crippen molar-refractivity contribution in [2.45, 2.75) is 52.6 Å². The van der Waals surface area contributed by atoms with E-state index in [1.165, 1.54) is 25.3 Å². The normalized spacial score (nSPS) is 13.5. The largest absolute Gasteiger partial charge is 0.466 e. The molecule has 0 spiro atoms. The van der Waals surface area contributed by atoms with E-state index < -0.39 is 29.1 Å². The first-order valence-electron chi connectivity index (χ1n) is 11.2. The predicted octanol–water partition coefficient (Wildman–Crippen LogP) is 6.23. The number of hydrogen-bond acceptors (Lipinski definition) is 5. The highest BCUT2D eigenvalue weighted by Crippen LogP contribution is 2.33. The molecule has 2 aromatic carbocycles. The minimum absolute atomic E-state index is 0.0931. The zero-order valence-corrected chi connectivity index (χ0v) is 20.2. The van der Waals surface area contributed by atoms with Crippen LogP contribution in [0.3, 0.4) is 0 Å². The van der Waals surface area contributed by atoms with Crippen LogP contribution >= 0.6 is 0 Å². The lowest BCUT2D eigenvalue weighted by Crippen LogP contribution is -2.24. The maximum absolute atomic E-state index is 15.2. The van der Waals surface area contributed by atoms with Crippen LogP contribution in [0.15, 0.2) is 65.3 Å². The highest BCUT2D eigenvalue weighted by atomic mass is 19.1. The van der Waals surface area contributed by atoms with Gasteiger partial charge in [0.2, 0.25) is 0 Å². The second kappa shape index (κ2) is 10.2. The summed E-state index contributed by atoms with van der Waals surface area (Å²) in [4.78, 5) is 37.9. The van der Waals surface area contributed by atoms with E-state index in [2.05, 4.69) is 0 Å². The molecule has 6 heteroatoms. The number of methoxy groups -OCH3 is 1. The first-order chi connectivity index (χ1) is 16.1. The van der Waals surface area contributed by atoms with Gasteiger partial charge in [0.1, 0.15) is 11.4 Å². The Labute approximate surface area is 199 Å². The minimum atomic E-state index is -0.704. The van der Waals surface area contributed by atoms with E-state index in [0.717, 1.165) is 12.0 Å². The van der Waals surface area contributed by atoms with E-state index in [1.54, 1.807) is 51.1 Å². The molecule has 0 saturated heterocycles. The first kappa shape index (κ1) is 25.1. The lowest BCUT2D eigenvalue weighted by atomic mass is 9.94. The van der Waals surface area contributed by atoms with Gasteiger partial charge in [0.05, 0.1) is 18.2 Å². The number of carbonyl (C=O) groups excluding carboxylic acids is 3. The number of ether oxygens (including phenoxy) is 2. The molecule has 0 saturated carbocycles. The number of ketones is 1. The summed E-state index contributed by atoms with van der Waals surface area (Å²) < 4.78 is 25.5. The van der Waals surface area contributed by atoms with Crippen LogP contribution in [0.4, 0.5) is 4.39 Å². The lowest BCUT2D eigenvalue weighted by molar-refractivity contribution is -0.136. The molecule has 0 unspecified atom stereocenters. The Hall–Kier alpha value is -3.54. The average Bonchev–Trinajstić information content (AvgIpc) is 3.21. The number of benzene rings is 2. The van der Waals surface area contributed by atoms with E-state index in [0.29, 0.717) is 40.7 Å². The number of hydrogen-bond donors (Lipinski definition) is 0. The van der Waals surface area contributed by atoms with Crippen molar-refractivity contribution in [3.63, 3.8) is 0 Å². The molecule has 3 rings (SSSR count). The zero-order chi connectivity index (χ0) is 25.0. The molecule has 178 valence electrons. The van der Waals surface area contributed by atoms with Gasteiger partial charge in [-0.15, -0.1) is 0 Å². The molecule has 0 heterocycles. The quantitative estimate of drug-likeness (QED) is 0.359. The van der Waals surface area contributed by atoms with Crippen molar-refractivity contribution >= 4 is 17.7 Å². The summed E-state index contributed by atoms with van der Waals surface area (Å²) in [5, 5.41) is 0. The highest BCUT2D eigenvalue weighted by Gasteiger charge is 2.27. The van der Waals surface area contributed by atoms with Crippen LogP contribution in [0, 0.1) is 5.82 Å². The molecule has 1 aliphatic rings. The summed E-state index contributed by atoms with van der Waals surface area (Å²) in [6, 6.07) is 11.1. The van der Waals surface area contributed by atoms with Crippen LogP contribution in [0.2, 0.25) is 0 Å². The number of rotatable bonds is 7. The Bertz CT molecular complexity index is 1200. The number of halogens is 1. The summed E-state index contributed by atoms with van der Waals surface area (Å²) >= 11 is 0. The average molecular weight is 465 g/mol. The van der Waals surface area contributed by atoms with E-state index in [1.807, 2.05) is 6.92 Å². The molecule has 0 fully saturated rings. The van der Waals surface area contributed by atoms with E-state index >= 15 is 4.39 Å². The molecule has 0 atom stereocenters. The molecule has 5 nitrogen and oxygen atoms in total. The van der Waals surface area contributed by atoms with Gasteiger partial charge in [0.25, 0.3) is 0 Å². The van der Waals surface area contributed by atoms with E-state index in [9.17, 15) is 14.4 Å². The number of Topliss-reactive ketones (excluding diaryl/α,β-unsaturated/α-hetero) is 1. The van der Waals surface area contributed by atoms with Gasteiger partial charge >= 0.3 is 11.9 Å². The zero-order valence-electron chi connectivity index (χ0n) is 20.2. The monoisotopic (exact) mass is 464 g/mol. The number of allylic oxidation sites excluding steroid dienone is 3. The van der Waals surface area contributed by atoms with Crippen molar-refractivity contribution in [1.29, 1.82) is 0 Å². The van der Waals surface area contributed by atoms with Crippen LogP contribution in [0.25, 0.3) is 11.1 Å². The van der Waals surface area contributed by atoms with Crippen molar-refractivity contribution in [3.8, 4) is 11.1 Å². The summed E-state index contributed by atoms with van der Waals surface area (Å²) in [6.45, 7) is 7.30. The van der Waals surface area contributed by atoms with Crippen molar-refractivity contribution in [1.82, 2.24) is 0 Å². The molecule has 0 N–H and O–H groups in total. The third-order valence-electron chi connectivity index (χ3n) is 5.42. The first-order valence-corrected chi connectivity index (χ1v) is 11.2. The molecular formula is C28H29FO5. The summed E-state index contributed by atoms with van der Waals surface area (Å²) in [6.07, 6.45) is 3.24. The standard InChI is InChI=1S/C28H29FO5/c1-6-9-17-14-19(26(31)33-5)15-23(17)25(30)22-13-12-18(16-24(22)29)20-10-7-8-11-21(20)27(32)34-28(2,3)4/h7-8,10-13,15-16H,6,9,14H2,1-5H3. The van der Waals surface area contributed by atoms with Gasteiger partial charge in [0, 0.05) is 17.6 Å². The fourth-order valence-electron chi connectivity index (χ4n) is 3.92. The fraction of sp³-hybridized carbons (Fsp3) is 0.321. The van der Waals surface area contributed by atoms with Gasteiger partial charge in [-0.1, -0.05) is 43.2 Å². The van der Waals surface area contributed by atoms with Gasteiger partial charge in [-0.25, -0.2) is 14.0 Å². The SMILES string of the molecule is CCCC1=C(C(=O)c2ccc(-c3ccccc3C(=O)OC(C)(C)C)cc2F)C=C(C(=O)OC)C1. The molecule has 0 radical (unpaired) electrons. The minimum Gasteiger partial charge on any atom is -0.466 e. The maximum Gasteiger partial charge on any atom is 0.339 e. The van der Waals surface area contributed by atoms with Gasteiger partial charge in [-0.05, 0) is 62.6 Å². The van der Waals surface area contributed by atoms with E-state index in [-0.39, 0.29) is 5.56 Å². The predicted molar refractivity (Wildman–Crippen MR) is 128 cm³/mol. The summed E-state index contributed by atoms with van der Waals surface area (Å²) in [5.41, 5.74) is 2.03. The van der Waals surface area contributed by atoms with Crippen molar-refractivity contribution in [2.24, 2.45) is 0 Å². The van der Waals surface area contributed by atoms with Crippen molar-refractivity contribution in [3.05, 3.63) is 82.2 Å². The molecule has 2 aromatic rings. The van der Waals surface area contributed by atoms with Gasteiger partial charge in [-0.3, -0.25) is 4.79 Å². The molecular weight excluding hydrogens is 435 g/mol. The lowest BCUT2D eigenvalue weighted by Gasteiger charge is -2.20. The molecule has 0 bridgehead atoms. The Morgan fingerprint density at radius 3 is 2.32 bits per heavy atom. The van der Waals surface area contributed by atoms with Gasteiger partial charge < -0.3 is 9.47 Å². The number of carbonyl (C=O) groups is 3. The Balaban J connectivity index is 1.97. The fourth-order valence-corrected chi connectivity index (χ4v) is 3.92. The van der Waals surface area contributed by atoms with Crippen LogP contribution in [0.5, 0.6) is 0 Å². The van der Waals surface area contributed by atoms with Crippen LogP contribution in [-0.4, -0.2) is 30.4 Å². The molecule has 0 aromatic heterocycles. The van der Waals surface area contributed by atoms with Crippen LogP contribution < -0.4 is 0 Å².